The zero-order valence-corrected chi connectivity index (χ0v) is 15.5. The molecule has 1 aliphatic rings. The monoisotopic (exact) mass is 388 g/mol. The van der Waals surface area contributed by atoms with E-state index in [2.05, 4.69) is 34.7 Å². The number of halogens is 2. The van der Waals surface area contributed by atoms with Gasteiger partial charge in [0.05, 0.1) is 17.2 Å². The quantitative estimate of drug-likeness (QED) is 0.792. The standard InChI is InChI=1S/C16H22BrClN2O2/c1-11-9-19(10-12(2)20(11)6-7-22-3)16(21)14-8-13(17)4-5-15(14)18/h4-5,8,11-12H,6-7,9-10H2,1-3H3. The van der Waals surface area contributed by atoms with Gasteiger partial charge in [-0.05, 0) is 32.0 Å². The van der Waals surface area contributed by atoms with Gasteiger partial charge in [0.25, 0.3) is 5.91 Å². The summed E-state index contributed by atoms with van der Waals surface area (Å²) in [6.07, 6.45) is 0. The SMILES string of the molecule is COCCN1C(C)CN(C(=O)c2cc(Br)ccc2Cl)CC1C. The molecule has 0 radical (unpaired) electrons. The summed E-state index contributed by atoms with van der Waals surface area (Å²) in [5.74, 6) is -0.00334. The molecule has 22 heavy (non-hydrogen) atoms. The van der Waals surface area contributed by atoms with Crippen LogP contribution >= 0.6 is 27.5 Å². The molecule has 0 N–H and O–H groups in total. The molecule has 4 nitrogen and oxygen atoms in total. The van der Waals surface area contributed by atoms with E-state index in [4.69, 9.17) is 16.3 Å². The normalized spacial score (nSPS) is 22.9. The molecule has 6 heteroatoms. The average molecular weight is 390 g/mol. The van der Waals surface area contributed by atoms with Crippen LogP contribution in [0.25, 0.3) is 0 Å². The maximum Gasteiger partial charge on any atom is 0.255 e. The number of piperazine rings is 1. The molecule has 0 bridgehead atoms. The van der Waals surface area contributed by atoms with Crippen LogP contribution in [0.2, 0.25) is 5.02 Å². The first-order chi connectivity index (χ1) is 10.4. The minimum atomic E-state index is -0.00334. The first-order valence-corrected chi connectivity index (χ1v) is 8.60. The fourth-order valence-corrected chi connectivity index (χ4v) is 3.55. The van der Waals surface area contributed by atoms with E-state index in [1.54, 1.807) is 19.2 Å². The Morgan fingerprint density at radius 2 is 2.00 bits per heavy atom. The van der Waals surface area contributed by atoms with Gasteiger partial charge in [0.15, 0.2) is 0 Å². The van der Waals surface area contributed by atoms with Crippen LogP contribution in [0.4, 0.5) is 0 Å². The van der Waals surface area contributed by atoms with E-state index in [1.165, 1.54) is 0 Å². The lowest BCUT2D eigenvalue weighted by Gasteiger charge is -2.44. The van der Waals surface area contributed by atoms with Gasteiger partial charge in [-0.3, -0.25) is 9.69 Å². The van der Waals surface area contributed by atoms with Crippen molar-refractivity contribution < 1.29 is 9.53 Å². The highest BCUT2D eigenvalue weighted by atomic mass is 79.9. The third kappa shape index (κ3) is 4.02. The smallest absolute Gasteiger partial charge is 0.255 e. The number of carbonyl (C=O) groups is 1. The average Bonchev–Trinajstić information content (AvgIpc) is 2.48. The third-order valence-electron chi connectivity index (χ3n) is 4.10. The topological polar surface area (TPSA) is 32.8 Å². The fraction of sp³-hybridized carbons (Fsp3) is 0.562. The first-order valence-electron chi connectivity index (χ1n) is 7.43. The van der Waals surface area contributed by atoms with Crippen molar-refractivity contribution in [1.82, 2.24) is 9.80 Å². The molecule has 0 spiro atoms. The molecular weight excluding hydrogens is 368 g/mol. The van der Waals surface area contributed by atoms with Crippen molar-refractivity contribution in [1.29, 1.82) is 0 Å². The van der Waals surface area contributed by atoms with Gasteiger partial charge in [-0.25, -0.2) is 0 Å². The number of carbonyl (C=O) groups excluding carboxylic acids is 1. The second-order valence-corrected chi connectivity index (χ2v) is 7.09. The third-order valence-corrected chi connectivity index (χ3v) is 4.92. The second kappa shape index (κ2) is 7.77. The molecule has 1 saturated heterocycles. The maximum atomic E-state index is 12.8. The molecule has 2 rings (SSSR count). The molecule has 1 fully saturated rings. The maximum absolute atomic E-state index is 12.8. The molecule has 0 saturated carbocycles. The van der Waals surface area contributed by atoms with E-state index < -0.39 is 0 Å². The van der Waals surface area contributed by atoms with Crippen molar-refractivity contribution >= 4 is 33.4 Å². The van der Waals surface area contributed by atoms with Gasteiger partial charge in [0.1, 0.15) is 0 Å². The molecule has 0 aliphatic carbocycles. The lowest BCUT2D eigenvalue weighted by atomic mass is 10.1. The predicted octanol–water partition coefficient (Wildman–Crippen LogP) is 3.28. The van der Waals surface area contributed by atoms with E-state index in [-0.39, 0.29) is 5.91 Å². The Kier molecular flexibility index (Phi) is 6.26. The van der Waals surface area contributed by atoms with Gasteiger partial charge in [-0.15, -0.1) is 0 Å². The molecule has 2 unspecified atom stereocenters. The van der Waals surface area contributed by atoms with Gasteiger partial charge in [0, 0.05) is 43.3 Å². The van der Waals surface area contributed by atoms with Crippen molar-refractivity contribution in [3.63, 3.8) is 0 Å². The van der Waals surface area contributed by atoms with Crippen molar-refractivity contribution in [2.24, 2.45) is 0 Å². The van der Waals surface area contributed by atoms with E-state index in [9.17, 15) is 4.79 Å². The Morgan fingerprint density at radius 3 is 2.59 bits per heavy atom. The van der Waals surface area contributed by atoms with Crippen LogP contribution in [0.15, 0.2) is 22.7 Å². The Labute approximate surface area is 145 Å². The van der Waals surface area contributed by atoms with Gasteiger partial charge >= 0.3 is 0 Å². The number of rotatable bonds is 4. The van der Waals surface area contributed by atoms with Crippen LogP contribution in [-0.4, -0.2) is 61.1 Å². The Morgan fingerprint density at radius 1 is 1.36 bits per heavy atom. The number of hydrogen-bond acceptors (Lipinski definition) is 3. The fourth-order valence-electron chi connectivity index (χ4n) is 2.99. The molecule has 1 aromatic carbocycles. The summed E-state index contributed by atoms with van der Waals surface area (Å²) in [5, 5.41) is 0.496. The molecule has 122 valence electrons. The minimum absolute atomic E-state index is 0.00334. The van der Waals surface area contributed by atoms with E-state index in [0.717, 1.165) is 11.0 Å². The summed E-state index contributed by atoms with van der Waals surface area (Å²) in [4.78, 5) is 17.0. The summed E-state index contributed by atoms with van der Waals surface area (Å²) in [6, 6.07) is 5.98. The highest BCUT2D eigenvalue weighted by molar-refractivity contribution is 9.10. The highest BCUT2D eigenvalue weighted by Gasteiger charge is 2.32. The van der Waals surface area contributed by atoms with Crippen molar-refractivity contribution in [2.45, 2.75) is 25.9 Å². The van der Waals surface area contributed by atoms with Crippen LogP contribution in [0, 0.1) is 0 Å². The van der Waals surface area contributed by atoms with Gasteiger partial charge in [0.2, 0.25) is 0 Å². The molecule has 1 aliphatic heterocycles. The Balaban J connectivity index is 2.11. The summed E-state index contributed by atoms with van der Waals surface area (Å²) in [5.41, 5.74) is 0.556. The van der Waals surface area contributed by atoms with Gasteiger partial charge in [-0.2, -0.15) is 0 Å². The molecular formula is C16H22BrClN2O2. The minimum Gasteiger partial charge on any atom is -0.383 e. The molecule has 2 atom stereocenters. The molecule has 1 amide bonds. The number of ether oxygens (including phenoxy) is 1. The largest absolute Gasteiger partial charge is 0.383 e. The van der Waals surface area contributed by atoms with E-state index in [1.807, 2.05) is 11.0 Å². The zero-order chi connectivity index (χ0) is 16.3. The Bertz CT molecular complexity index is 529. The van der Waals surface area contributed by atoms with Crippen LogP contribution in [0.5, 0.6) is 0 Å². The molecule has 1 heterocycles. The van der Waals surface area contributed by atoms with E-state index >= 15 is 0 Å². The second-order valence-electron chi connectivity index (χ2n) is 5.76. The Hall–Kier alpha value is -0.620. The van der Waals surface area contributed by atoms with Crippen LogP contribution < -0.4 is 0 Å². The number of hydrogen-bond donors (Lipinski definition) is 0. The van der Waals surface area contributed by atoms with Crippen LogP contribution in [0.3, 0.4) is 0 Å². The highest BCUT2D eigenvalue weighted by Crippen LogP contribution is 2.24. The molecule has 0 aromatic heterocycles. The van der Waals surface area contributed by atoms with Gasteiger partial charge < -0.3 is 9.64 Å². The summed E-state index contributed by atoms with van der Waals surface area (Å²) in [6.45, 7) is 7.30. The van der Waals surface area contributed by atoms with Crippen molar-refractivity contribution in [3.05, 3.63) is 33.3 Å². The van der Waals surface area contributed by atoms with Gasteiger partial charge in [-0.1, -0.05) is 27.5 Å². The predicted molar refractivity (Wildman–Crippen MR) is 92.6 cm³/mol. The van der Waals surface area contributed by atoms with Crippen molar-refractivity contribution in [2.75, 3.05) is 33.4 Å². The number of methoxy groups -OCH3 is 1. The van der Waals surface area contributed by atoms with Crippen LogP contribution in [-0.2, 0) is 4.74 Å². The zero-order valence-electron chi connectivity index (χ0n) is 13.2. The first kappa shape index (κ1) is 17.7. The summed E-state index contributed by atoms with van der Waals surface area (Å²) < 4.78 is 6.03. The number of benzene rings is 1. The number of amides is 1. The van der Waals surface area contributed by atoms with Crippen LogP contribution in [0.1, 0.15) is 24.2 Å². The molecule has 1 aromatic rings. The van der Waals surface area contributed by atoms with Crippen molar-refractivity contribution in [3.8, 4) is 0 Å². The lowest BCUT2D eigenvalue weighted by Crippen LogP contribution is -2.58. The summed E-state index contributed by atoms with van der Waals surface area (Å²) >= 11 is 9.58. The number of nitrogens with zero attached hydrogens (tertiary/aromatic N) is 2. The summed E-state index contributed by atoms with van der Waals surface area (Å²) in [7, 11) is 1.71. The van der Waals surface area contributed by atoms with E-state index in [0.29, 0.717) is 42.4 Å². The lowest BCUT2D eigenvalue weighted by molar-refractivity contribution is 0.0193.